The van der Waals surface area contributed by atoms with Crippen LogP contribution in [0.3, 0.4) is 0 Å². The summed E-state index contributed by atoms with van der Waals surface area (Å²) in [6.45, 7) is 6.06. The quantitative estimate of drug-likeness (QED) is 0.667. The Kier molecular flexibility index (Phi) is 6.23. The van der Waals surface area contributed by atoms with Crippen molar-refractivity contribution >= 4 is 34.1 Å². The Morgan fingerprint density at radius 1 is 1.10 bits per heavy atom. The molecule has 3 aromatic rings. The topological polar surface area (TPSA) is 73.1 Å². The number of amides is 1. The summed E-state index contributed by atoms with van der Waals surface area (Å²) < 4.78 is 2.56. The van der Waals surface area contributed by atoms with E-state index >= 15 is 0 Å². The number of anilines is 1. The van der Waals surface area contributed by atoms with Gasteiger partial charge in [0.25, 0.3) is 5.56 Å². The van der Waals surface area contributed by atoms with E-state index in [-0.39, 0.29) is 12.1 Å². The smallest absolute Gasteiger partial charge is 0.323 e. The number of carbonyl (C=O) groups excluding carboxylic acids is 1. The van der Waals surface area contributed by atoms with Crippen LogP contribution in [0.5, 0.6) is 0 Å². The van der Waals surface area contributed by atoms with Crippen molar-refractivity contribution in [2.24, 2.45) is 5.92 Å². The Labute approximate surface area is 173 Å². The van der Waals surface area contributed by atoms with Crippen molar-refractivity contribution < 1.29 is 4.79 Å². The number of nitrogens with one attached hydrogen (secondary N) is 1. The predicted molar refractivity (Wildman–Crippen MR) is 117 cm³/mol. The summed E-state index contributed by atoms with van der Waals surface area (Å²) >= 11 is 6.19. The lowest BCUT2D eigenvalue weighted by Gasteiger charge is -2.15. The maximum atomic E-state index is 13.0. The molecule has 7 heteroatoms. The number of aromatic nitrogens is 2. The number of rotatable bonds is 6. The highest BCUT2D eigenvalue weighted by atomic mass is 35.5. The van der Waals surface area contributed by atoms with Crippen molar-refractivity contribution in [3.8, 4) is 0 Å². The lowest BCUT2D eigenvalue weighted by Crippen LogP contribution is -2.42. The molecule has 29 heavy (non-hydrogen) atoms. The number of hydrogen-bond acceptors (Lipinski definition) is 3. The zero-order chi connectivity index (χ0) is 21.1. The third-order valence-corrected chi connectivity index (χ3v) is 5.08. The average molecular weight is 414 g/mol. The van der Waals surface area contributed by atoms with Crippen molar-refractivity contribution in [1.29, 1.82) is 0 Å². The van der Waals surface area contributed by atoms with Crippen LogP contribution in [-0.2, 0) is 17.9 Å². The number of halogens is 1. The number of hydrogen-bond donors (Lipinski definition) is 1. The fraction of sp³-hybridized carbons (Fsp3) is 0.318. The van der Waals surface area contributed by atoms with Crippen LogP contribution in [0.2, 0.25) is 5.02 Å². The van der Waals surface area contributed by atoms with Gasteiger partial charge in [-0.25, -0.2) is 4.79 Å². The molecule has 0 aliphatic carbocycles. The number of para-hydroxylation sites is 1. The molecule has 0 fully saturated rings. The second-order valence-corrected chi connectivity index (χ2v) is 7.96. The molecule has 0 aliphatic rings. The first kappa shape index (κ1) is 20.9. The molecule has 0 bridgehead atoms. The van der Waals surface area contributed by atoms with Crippen molar-refractivity contribution in [3.63, 3.8) is 0 Å². The van der Waals surface area contributed by atoms with E-state index in [2.05, 4.69) is 5.32 Å². The van der Waals surface area contributed by atoms with Crippen LogP contribution in [-0.4, -0.2) is 15.0 Å². The Balaban J connectivity index is 2.00. The largest absolute Gasteiger partial charge is 0.331 e. The Morgan fingerprint density at radius 2 is 1.83 bits per heavy atom. The molecule has 6 nitrogen and oxygen atoms in total. The summed E-state index contributed by atoms with van der Waals surface area (Å²) in [5.74, 6) is -0.0507. The maximum Gasteiger partial charge on any atom is 0.331 e. The molecule has 1 aromatic heterocycles. The summed E-state index contributed by atoms with van der Waals surface area (Å²) in [6.07, 6.45) is 0.693. The van der Waals surface area contributed by atoms with Crippen molar-refractivity contribution in [1.82, 2.24) is 9.13 Å². The number of aryl methyl sites for hydroxylation is 1. The van der Waals surface area contributed by atoms with Gasteiger partial charge in [0.15, 0.2) is 0 Å². The van der Waals surface area contributed by atoms with Crippen LogP contribution in [0.15, 0.2) is 52.1 Å². The normalized spacial score (nSPS) is 11.2. The van der Waals surface area contributed by atoms with Crippen LogP contribution in [0.1, 0.15) is 25.8 Å². The summed E-state index contributed by atoms with van der Waals surface area (Å²) in [5, 5.41) is 3.59. The third-order valence-electron chi connectivity index (χ3n) is 4.76. The van der Waals surface area contributed by atoms with Gasteiger partial charge in [-0.2, -0.15) is 0 Å². The molecule has 1 N–H and O–H groups in total. The lowest BCUT2D eigenvalue weighted by molar-refractivity contribution is -0.116. The van der Waals surface area contributed by atoms with Gasteiger partial charge in [0.1, 0.15) is 6.54 Å². The average Bonchev–Trinajstić information content (AvgIpc) is 2.67. The molecule has 0 aliphatic heterocycles. The van der Waals surface area contributed by atoms with Crippen molar-refractivity contribution in [2.45, 2.75) is 40.3 Å². The van der Waals surface area contributed by atoms with Crippen LogP contribution < -0.4 is 16.6 Å². The lowest BCUT2D eigenvalue weighted by atomic mass is 10.1. The molecule has 0 unspecified atom stereocenters. The van der Waals surface area contributed by atoms with Gasteiger partial charge in [-0.3, -0.25) is 18.7 Å². The maximum absolute atomic E-state index is 13.0. The predicted octanol–water partition coefficient (Wildman–Crippen LogP) is 3.81. The zero-order valence-corrected chi connectivity index (χ0v) is 17.5. The first-order valence-corrected chi connectivity index (χ1v) is 9.94. The highest BCUT2D eigenvalue weighted by Gasteiger charge is 2.16. The van der Waals surface area contributed by atoms with Crippen molar-refractivity contribution in [2.75, 3.05) is 5.32 Å². The van der Waals surface area contributed by atoms with Crippen LogP contribution >= 0.6 is 11.6 Å². The summed E-state index contributed by atoms with van der Waals surface area (Å²) in [7, 11) is 0. The van der Waals surface area contributed by atoms with Gasteiger partial charge in [0, 0.05) is 6.54 Å². The van der Waals surface area contributed by atoms with E-state index in [1.54, 1.807) is 36.4 Å². The third kappa shape index (κ3) is 4.59. The van der Waals surface area contributed by atoms with E-state index in [1.165, 1.54) is 9.13 Å². The van der Waals surface area contributed by atoms with E-state index < -0.39 is 11.6 Å². The fourth-order valence-electron chi connectivity index (χ4n) is 3.16. The summed E-state index contributed by atoms with van der Waals surface area (Å²) in [5.41, 5.74) is 1.08. The molecule has 0 atom stereocenters. The minimum Gasteiger partial charge on any atom is -0.323 e. The molecule has 1 heterocycles. The van der Waals surface area contributed by atoms with Crippen LogP contribution in [0.25, 0.3) is 10.9 Å². The van der Waals surface area contributed by atoms with E-state index in [0.717, 1.165) is 5.56 Å². The summed E-state index contributed by atoms with van der Waals surface area (Å²) in [4.78, 5) is 38.5. The SMILES string of the molecule is Cc1ccc(NC(=O)Cn2c(=O)n(CCC(C)C)c(=O)c3ccccc32)c(Cl)c1. The molecule has 1 amide bonds. The van der Waals surface area contributed by atoms with Gasteiger partial charge in [-0.15, -0.1) is 0 Å². The van der Waals surface area contributed by atoms with E-state index in [1.807, 2.05) is 26.8 Å². The fourth-order valence-corrected chi connectivity index (χ4v) is 3.45. The number of carbonyl (C=O) groups is 1. The molecular formula is C22H24ClN3O3. The Morgan fingerprint density at radius 3 is 2.52 bits per heavy atom. The monoisotopic (exact) mass is 413 g/mol. The van der Waals surface area contributed by atoms with Crippen molar-refractivity contribution in [3.05, 3.63) is 73.9 Å². The molecule has 0 saturated carbocycles. The van der Waals surface area contributed by atoms with Crippen LogP contribution in [0, 0.1) is 12.8 Å². The first-order chi connectivity index (χ1) is 13.8. The Hall–Kier alpha value is -2.86. The standard InChI is InChI=1S/C22H24ClN3O3/c1-14(2)10-11-25-21(28)16-6-4-5-7-19(16)26(22(25)29)13-20(27)24-18-9-8-15(3)12-17(18)23/h4-9,12,14H,10-11,13H2,1-3H3,(H,24,27). The highest BCUT2D eigenvalue weighted by molar-refractivity contribution is 6.33. The molecule has 3 rings (SSSR count). The van der Waals surface area contributed by atoms with Gasteiger partial charge in [0.2, 0.25) is 5.91 Å². The van der Waals surface area contributed by atoms with Gasteiger partial charge in [-0.1, -0.05) is 43.6 Å². The summed E-state index contributed by atoms with van der Waals surface area (Å²) in [6, 6.07) is 12.2. The molecule has 0 radical (unpaired) electrons. The van der Waals surface area contributed by atoms with Gasteiger partial charge >= 0.3 is 5.69 Å². The second kappa shape index (κ2) is 8.66. The van der Waals surface area contributed by atoms with Gasteiger partial charge in [0.05, 0.1) is 21.6 Å². The molecule has 2 aromatic carbocycles. The number of fused-ring (bicyclic) bond motifs is 1. The van der Waals surface area contributed by atoms with E-state index in [9.17, 15) is 14.4 Å². The molecule has 152 valence electrons. The van der Waals surface area contributed by atoms with Gasteiger partial charge < -0.3 is 5.32 Å². The molecule has 0 spiro atoms. The minimum absolute atomic E-state index is 0.217. The minimum atomic E-state index is -0.487. The zero-order valence-electron chi connectivity index (χ0n) is 16.7. The number of nitrogens with zero attached hydrogens (tertiary/aromatic N) is 2. The molecule has 0 saturated heterocycles. The molecular weight excluding hydrogens is 390 g/mol. The van der Waals surface area contributed by atoms with Crippen LogP contribution in [0.4, 0.5) is 5.69 Å². The first-order valence-electron chi connectivity index (χ1n) is 9.56. The van der Waals surface area contributed by atoms with E-state index in [0.29, 0.717) is 40.5 Å². The highest BCUT2D eigenvalue weighted by Crippen LogP contribution is 2.22. The number of benzene rings is 2. The Bertz CT molecular complexity index is 1180. The second-order valence-electron chi connectivity index (χ2n) is 7.56. The van der Waals surface area contributed by atoms with E-state index in [4.69, 9.17) is 11.6 Å². The van der Waals surface area contributed by atoms with Gasteiger partial charge in [-0.05, 0) is 49.1 Å².